The third kappa shape index (κ3) is 5.40. The van der Waals surface area contributed by atoms with Crippen LogP contribution < -0.4 is 5.32 Å². The van der Waals surface area contributed by atoms with Gasteiger partial charge in [0, 0.05) is 42.0 Å². The number of hydrogen-bond donors (Lipinski definition) is 1. The average Bonchev–Trinajstić information content (AvgIpc) is 2.64. The Balaban J connectivity index is 0.00000243. The van der Waals surface area contributed by atoms with Gasteiger partial charge in [0.25, 0.3) is 0 Å². The van der Waals surface area contributed by atoms with Crippen molar-refractivity contribution in [3.8, 4) is 0 Å². The molecule has 1 aromatic carbocycles. The number of aromatic nitrogens is 1. The molecule has 0 radical (unpaired) electrons. The predicted octanol–water partition coefficient (Wildman–Crippen LogP) is 3.82. The van der Waals surface area contributed by atoms with Gasteiger partial charge in [-0.2, -0.15) is 0 Å². The standard InChI is InChI=1S/C19H21ClFN3O.ClH/c20-17-4-1-5-18(21)16(17)13-24-9-6-15(7-10-24)19(25)23-12-14-3-2-8-22-11-14;/h1-5,8,11,15H,6-7,9-10,12-13H2,(H,23,25);1H. The Kier molecular flexibility index (Phi) is 7.82. The van der Waals surface area contributed by atoms with E-state index in [1.807, 2.05) is 12.1 Å². The zero-order valence-corrected chi connectivity index (χ0v) is 15.9. The smallest absolute Gasteiger partial charge is 0.223 e. The summed E-state index contributed by atoms with van der Waals surface area (Å²) in [7, 11) is 0. The minimum absolute atomic E-state index is 0. The quantitative estimate of drug-likeness (QED) is 0.833. The average molecular weight is 398 g/mol. The van der Waals surface area contributed by atoms with Gasteiger partial charge in [-0.05, 0) is 49.7 Å². The van der Waals surface area contributed by atoms with Crippen LogP contribution in [0.2, 0.25) is 5.02 Å². The second kappa shape index (κ2) is 9.86. The van der Waals surface area contributed by atoms with Crippen molar-refractivity contribution in [2.45, 2.75) is 25.9 Å². The van der Waals surface area contributed by atoms with Crippen LogP contribution in [0.15, 0.2) is 42.7 Å². The summed E-state index contributed by atoms with van der Waals surface area (Å²) in [6, 6.07) is 8.54. The molecule has 0 bridgehead atoms. The molecule has 1 aliphatic heterocycles. The van der Waals surface area contributed by atoms with Crippen LogP contribution in [0.4, 0.5) is 4.39 Å². The van der Waals surface area contributed by atoms with Crippen molar-refractivity contribution in [2.75, 3.05) is 13.1 Å². The molecule has 2 aromatic rings. The molecular formula is C19H22Cl2FN3O. The van der Waals surface area contributed by atoms with E-state index in [1.54, 1.807) is 24.5 Å². The first-order valence-corrected chi connectivity index (χ1v) is 8.83. The number of nitrogens with one attached hydrogen (secondary N) is 1. The lowest BCUT2D eigenvalue weighted by atomic mass is 9.95. The molecule has 3 rings (SSSR count). The van der Waals surface area contributed by atoms with Gasteiger partial charge in [0.1, 0.15) is 5.82 Å². The molecule has 0 unspecified atom stereocenters. The lowest BCUT2D eigenvalue weighted by molar-refractivity contribution is -0.126. The monoisotopic (exact) mass is 397 g/mol. The third-order valence-corrected chi connectivity index (χ3v) is 4.95. The van der Waals surface area contributed by atoms with Crippen LogP contribution in [0, 0.1) is 11.7 Å². The number of piperidine rings is 1. The van der Waals surface area contributed by atoms with Crippen molar-refractivity contribution in [3.05, 3.63) is 64.7 Å². The normalized spacial score (nSPS) is 15.3. The lowest BCUT2D eigenvalue weighted by Gasteiger charge is -2.31. The number of carbonyl (C=O) groups is 1. The first-order valence-electron chi connectivity index (χ1n) is 8.45. The lowest BCUT2D eigenvalue weighted by Crippen LogP contribution is -2.40. The highest BCUT2D eigenvalue weighted by Gasteiger charge is 2.25. The number of rotatable bonds is 5. The molecule has 140 valence electrons. The maximum Gasteiger partial charge on any atom is 0.223 e. The van der Waals surface area contributed by atoms with Crippen LogP contribution >= 0.6 is 24.0 Å². The number of likely N-dealkylation sites (tertiary alicyclic amines) is 1. The minimum Gasteiger partial charge on any atom is -0.352 e. The fraction of sp³-hybridized carbons (Fsp3) is 0.368. The van der Waals surface area contributed by atoms with Crippen molar-refractivity contribution in [1.29, 1.82) is 0 Å². The van der Waals surface area contributed by atoms with Crippen LogP contribution in [0.3, 0.4) is 0 Å². The van der Waals surface area contributed by atoms with Gasteiger partial charge in [0.15, 0.2) is 0 Å². The Hall–Kier alpha value is -1.69. The molecule has 7 heteroatoms. The highest BCUT2D eigenvalue weighted by Crippen LogP contribution is 2.24. The Morgan fingerprint density at radius 2 is 2.04 bits per heavy atom. The molecule has 0 atom stereocenters. The summed E-state index contributed by atoms with van der Waals surface area (Å²) in [6.45, 7) is 2.50. The van der Waals surface area contributed by atoms with Crippen LogP contribution in [0.5, 0.6) is 0 Å². The Labute approximate surface area is 164 Å². The van der Waals surface area contributed by atoms with E-state index in [0.29, 0.717) is 23.7 Å². The number of pyridine rings is 1. The maximum absolute atomic E-state index is 13.9. The molecule has 0 aliphatic carbocycles. The van der Waals surface area contributed by atoms with Gasteiger partial charge >= 0.3 is 0 Å². The van der Waals surface area contributed by atoms with E-state index >= 15 is 0 Å². The van der Waals surface area contributed by atoms with E-state index in [0.717, 1.165) is 31.5 Å². The fourth-order valence-corrected chi connectivity index (χ4v) is 3.32. The van der Waals surface area contributed by atoms with Gasteiger partial charge in [0.2, 0.25) is 5.91 Å². The number of hydrogen-bond acceptors (Lipinski definition) is 3. The van der Waals surface area contributed by atoms with Gasteiger partial charge in [-0.1, -0.05) is 23.7 Å². The van der Waals surface area contributed by atoms with Crippen LogP contribution in [0.1, 0.15) is 24.0 Å². The van der Waals surface area contributed by atoms with Gasteiger partial charge in [0.05, 0.1) is 0 Å². The minimum atomic E-state index is -0.274. The Bertz CT molecular complexity index is 702. The zero-order valence-electron chi connectivity index (χ0n) is 14.3. The van der Waals surface area contributed by atoms with E-state index in [2.05, 4.69) is 15.2 Å². The first-order chi connectivity index (χ1) is 12.1. The molecule has 0 saturated carbocycles. The van der Waals surface area contributed by atoms with E-state index in [-0.39, 0.29) is 30.0 Å². The highest BCUT2D eigenvalue weighted by molar-refractivity contribution is 6.31. The zero-order chi connectivity index (χ0) is 17.6. The number of amides is 1. The Morgan fingerprint density at radius 3 is 2.69 bits per heavy atom. The second-order valence-corrected chi connectivity index (χ2v) is 6.74. The first kappa shape index (κ1) is 20.6. The SMILES string of the molecule is Cl.O=C(NCc1cccnc1)C1CCN(Cc2c(F)cccc2Cl)CC1. The van der Waals surface area contributed by atoms with Crippen molar-refractivity contribution in [2.24, 2.45) is 5.92 Å². The van der Waals surface area contributed by atoms with E-state index in [1.165, 1.54) is 6.07 Å². The van der Waals surface area contributed by atoms with E-state index < -0.39 is 0 Å². The molecule has 1 amide bonds. The molecular weight excluding hydrogens is 376 g/mol. The number of nitrogens with zero attached hydrogens (tertiary/aromatic N) is 2. The predicted molar refractivity (Wildman–Crippen MR) is 103 cm³/mol. The second-order valence-electron chi connectivity index (χ2n) is 6.33. The highest BCUT2D eigenvalue weighted by atomic mass is 35.5. The molecule has 2 heterocycles. The van der Waals surface area contributed by atoms with Gasteiger partial charge < -0.3 is 5.32 Å². The van der Waals surface area contributed by atoms with Crippen molar-refractivity contribution in [3.63, 3.8) is 0 Å². The van der Waals surface area contributed by atoms with E-state index in [4.69, 9.17) is 11.6 Å². The summed E-state index contributed by atoms with van der Waals surface area (Å²) < 4.78 is 13.9. The Morgan fingerprint density at radius 1 is 1.27 bits per heavy atom. The van der Waals surface area contributed by atoms with Gasteiger partial charge in [-0.15, -0.1) is 12.4 Å². The topological polar surface area (TPSA) is 45.2 Å². The summed E-state index contributed by atoms with van der Waals surface area (Å²) in [5.41, 5.74) is 1.52. The maximum atomic E-state index is 13.9. The van der Waals surface area contributed by atoms with Gasteiger partial charge in [-0.25, -0.2) is 4.39 Å². The summed E-state index contributed by atoms with van der Waals surface area (Å²) in [5.74, 6) is -0.194. The molecule has 1 saturated heterocycles. The largest absolute Gasteiger partial charge is 0.352 e. The van der Waals surface area contributed by atoms with E-state index in [9.17, 15) is 9.18 Å². The molecule has 1 aromatic heterocycles. The van der Waals surface area contributed by atoms with Crippen molar-refractivity contribution < 1.29 is 9.18 Å². The van der Waals surface area contributed by atoms with Crippen LogP contribution in [-0.4, -0.2) is 28.9 Å². The molecule has 1 aliphatic rings. The summed E-state index contributed by atoms with van der Waals surface area (Å²) in [4.78, 5) is 18.5. The number of halogens is 3. The van der Waals surface area contributed by atoms with Crippen molar-refractivity contribution in [1.82, 2.24) is 15.2 Å². The van der Waals surface area contributed by atoms with Crippen LogP contribution in [0.25, 0.3) is 0 Å². The summed E-state index contributed by atoms with van der Waals surface area (Å²) in [5, 5.41) is 3.43. The molecule has 4 nitrogen and oxygen atoms in total. The number of carbonyl (C=O) groups excluding carboxylic acids is 1. The summed E-state index contributed by atoms with van der Waals surface area (Å²) in [6.07, 6.45) is 5.00. The van der Waals surface area contributed by atoms with Crippen LogP contribution in [-0.2, 0) is 17.9 Å². The van der Waals surface area contributed by atoms with Crippen molar-refractivity contribution >= 4 is 29.9 Å². The summed E-state index contributed by atoms with van der Waals surface area (Å²) >= 11 is 6.09. The molecule has 26 heavy (non-hydrogen) atoms. The molecule has 1 N–H and O–H groups in total. The number of benzene rings is 1. The molecule has 1 fully saturated rings. The van der Waals surface area contributed by atoms with Gasteiger partial charge in [-0.3, -0.25) is 14.7 Å². The third-order valence-electron chi connectivity index (χ3n) is 4.59. The molecule has 0 spiro atoms. The fourth-order valence-electron chi connectivity index (χ4n) is 3.10.